The zero-order valence-corrected chi connectivity index (χ0v) is 9.02. The first-order valence-electron chi connectivity index (χ1n) is 4.43. The summed E-state index contributed by atoms with van der Waals surface area (Å²) in [4.78, 5) is 18.2. The summed E-state index contributed by atoms with van der Waals surface area (Å²) in [5, 5.41) is 20.9. The van der Waals surface area contributed by atoms with Crippen LogP contribution in [0.3, 0.4) is 0 Å². The van der Waals surface area contributed by atoms with Crippen LogP contribution in [0.5, 0.6) is 0 Å². The lowest BCUT2D eigenvalue weighted by atomic mass is 10.3. The number of rotatable bonds is 2. The van der Waals surface area contributed by atoms with Crippen LogP contribution in [0, 0.1) is 0 Å². The molecule has 0 unspecified atom stereocenters. The topological polar surface area (TPSA) is 98.7 Å². The number of anilines is 2. The Balaban J connectivity index is 0.000000325. The van der Waals surface area contributed by atoms with Gasteiger partial charge in [-0.25, -0.2) is 9.59 Å². The molecule has 6 heteroatoms. The maximum Gasteiger partial charge on any atom is 0.414 e. The van der Waals surface area contributed by atoms with Crippen LogP contribution in [0.1, 0.15) is 0 Å². The van der Waals surface area contributed by atoms with Gasteiger partial charge in [0.05, 0.1) is 0 Å². The number of nitrogens with one attached hydrogen (secondary N) is 2. The molecule has 0 aromatic heterocycles. The van der Waals surface area contributed by atoms with Gasteiger partial charge in [-0.05, 0) is 24.3 Å². The Labute approximate surface area is 92.9 Å². The highest BCUT2D eigenvalue weighted by Crippen LogP contribution is 2.11. The molecule has 1 aromatic carbocycles. The highest BCUT2D eigenvalue weighted by molar-refractivity contribution is 6.27. The van der Waals surface area contributed by atoms with E-state index in [9.17, 15) is 0 Å². The fourth-order valence-electron chi connectivity index (χ4n) is 0.804. The minimum absolute atomic E-state index is 1.14. The zero-order chi connectivity index (χ0) is 12.6. The minimum Gasteiger partial charge on any atom is -0.473 e. The fraction of sp³-hybridized carbons (Fsp3) is 0.200. The third-order valence-corrected chi connectivity index (χ3v) is 1.65. The molecule has 0 spiro atoms. The Bertz CT molecular complexity index is 313. The summed E-state index contributed by atoms with van der Waals surface area (Å²) in [7, 11) is 3.82. The number of benzene rings is 1. The summed E-state index contributed by atoms with van der Waals surface area (Å²) in [6, 6.07) is 8.13. The molecule has 0 atom stereocenters. The number of aliphatic carboxylic acids is 2. The predicted octanol–water partition coefficient (Wildman–Crippen LogP) is 0.926. The first-order chi connectivity index (χ1) is 7.51. The highest BCUT2D eigenvalue weighted by atomic mass is 16.4. The molecule has 1 aromatic rings. The Kier molecular flexibility index (Phi) is 6.11. The quantitative estimate of drug-likeness (QED) is 0.560. The summed E-state index contributed by atoms with van der Waals surface area (Å²) < 4.78 is 0. The summed E-state index contributed by atoms with van der Waals surface area (Å²) in [6.45, 7) is 0. The molecular weight excluding hydrogens is 212 g/mol. The number of hydrogen-bond acceptors (Lipinski definition) is 4. The van der Waals surface area contributed by atoms with E-state index in [1.165, 1.54) is 0 Å². The molecule has 0 bridgehead atoms. The minimum atomic E-state index is -1.82. The molecule has 0 fully saturated rings. The van der Waals surface area contributed by atoms with E-state index >= 15 is 0 Å². The summed E-state index contributed by atoms with van der Waals surface area (Å²) in [5.41, 5.74) is 2.28. The fourth-order valence-corrected chi connectivity index (χ4v) is 0.804. The van der Waals surface area contributed by atoms with Crippen LogP contribution in [0.15, 0.2) is 24.3 Å². The highest BCUT2D eigenvalue weighted by Gasteiger charge is 2.04. The number of carbonyl (C=O) groups is 2. The van der Waals surface area contributed by atoms with Crippen molar-refractivity contribution in [3.8, 4) is 0 Å². The van der Waals surface area contributed by atoms with Crippen molar-refractivity contribution in [2.75, 3.05) is 24.7 Å². The second kappa shape index (κ2) is 7.10. The van der Waals surface area contributed by atoms with Crippen molar-refractivity contribution in [1.29, 1.82) is 0 Å². The average Bonchev–Trinajstić information content (AvgIpc) is 2.30. The molecule has 0 amide bonds. The van der Waals surface area contributed by atoms with E-state index in [1.807, 2.05) is 38.4 Å². The Morgan fingerprint density at radius 2 is 1.12 bits per heavy atom. The van der Waals surface area contributed by atoms with Crippen LogP contribution in [-0.4, -0.2) is 36.2 Å². The molecule has 0 aliphatic heterocycles. The second-order valence-corrected chi connectivity index (χ2v) is 2.69. The van der Waals surface area contributed by atoms with Crippen LogP contribution in [-0.2, 0) is 9.59 Å². The van der Waals surface area contributed by atoms with Gasteiger partial charge in [-0.15, -0.1) is 0 Å². The van der Waals surface area contributed by atoms with Crippen LogP contribution >= 0.6 is 0 Å². The molecule has 16 heavy (non-hydrogen) atoms. The molecular formula is C10H14N2O4. The molecule has 88 valence electrons. The molecule has 0 saturated carbocycles. The van der Waals surface area contributed by atoms with E-state index in [2.05, 4.69) is 10.6 Å². The van der Waals surface area contributed by atoms with E-state index in [0.717, 1.165) is 11.4 Å². The Morgan fingerprint density at radius 1 is 0.875 bits per heavy atom. The van der Waals surface area contributed by atoms with Crippen molar-refractivity contribution in [2.45, 2.75) is 0 Å². The van der Waals surface area contributed by atoms with E-state index < -0.39 is 11.9 Å². The molecule has 6 nitrogen and oxygen atoms in total. The third-order valence-electron chi connectivity index (χ3n) is 1.65. The van der Waals surface area contributed by atoms with Gasteiger partial charge >= 0.3 is 11.9 Å². The van der Waals surface area contributed by atoms with Gasteiger partial charge in [0.1, 0.15) is 0 Å². The van der Waals surface area contributed by atoms with Gasteiger partial charge in [-0.3, -0.25) is 0 Å². The normalized spacial score (nSPS) is 8.38. The van der Waals surface area contributed by atoms with Gasteiger partial charge in [0, 0.05) is 25.5 Å². The van der Waals surface area contributed by atoms with Gasteiger partial charge in [0.2, 0.25) is 0 Å². The average molecular weight is 226 g/mol. The predicted molar refractivity (Wildman–Crippen MR) is 60.8 cm³/mol. The monoisotopic (exact) mass is 226 g/mol. The molecule has 0 aliphatic carbocycles. The number of hydrogen-bond donors (Lipinski definition) is 4. The van der Waals surface area contributed by atoms with Crippen molar-refractivity contribution < 1.29 is 19.8 Å². The van der Waals surface area contributed by atoms with Crippen LogP contribution in [0.25, 0.3) is 0 Å². The maximum atomic E-state index is 9.10. The second-order valence-electron chi connectivity index (χ2n) is 2.69. The lowest BCUT2D eigenvalue weighted by Crippen LogP contribution is -2.09. The zero-order valence-electron chi connectivity index (χ0n) is 9.02. The number of carboxylic acids is 2. The van der Waals surface area contributed by atoms with Gasteiger partial charge in [-0.2, -0.15) is 0 Å². The molecule has 0 saturated heterocycles. The van der Waals surface area contributed by atoms with E-state index in [4.69, 9.17) is 19.8 Å². The van der Waals surface area contributed by atoms with E-state index in [0.29, 0.717) is 0 Å². The van der Waals surface area contributed by atoms with Crippen molar-refractivity contribution in [1.82, 2.24) is 0 Å². The molecule has 0 radical (unpaired) electrons. The van der Waals surface area contributed by atoms with Crippen LogP contribution in [0.2, 0.25) is 0 Å². The molecule has 1 rings (SSSR count). The van der Waals surface area contributed by atoms with Crippen molar-refractivity contribution in [3.05, 3.63) is 24.3 Å². The smallest absolute Gasteiger partial charge is 0.414 e. The van der Waals surface area contributed by atoms with Crippen LogP contribution < -0.4 is 10.6 Å². The Morgan fingerprint density at radius 3 is 1.25 bits per heavy atom. The third kappa shape index (κ3) is 5.48. The summed E-state index contributed by atoms with van der Waals surface area (Å²) >= 11 is 0. The van der Waals surface area contributed by atoms with E-state index in [1.54, 1.807) is 0 Å². The summed E-state index contributed by atoms with van der Waals surface area (Å²) in [6.07, 6.45) is 0. The standard InChI is InChI=1S/C8H12N2.C2H2O4/c1-9-7-3-5-8(10-2)6-4-7;3-1(4)2(5)6/h3-6,9-10H,1-2H3;(H,3,4)(H,5,6). The van der Waals surface area contributed by atoms with Gasteiger partial charge in [0.25, 0.3) is 0 Å². The van der Waals surface area contributed by atoms with E-state index in [-0.39, 0.29) is 0 Å². The summed E-state index contributed by atoms with van der Waals surface area (Å²) in [5.74, 6) is -3.65. The Hall–Kier alpha value is -2.24. The number of carboxylic acid groups (broad SMARTS) is 2. The first kappa shape index (κ1) is 13.8. The molecule has 0 heterocycles. The van der Waals surface area contributed by atoms with Crippen molar-refractivity contribution in [3.63, 3.8) is 0 Å². The lowest BCUT2D eigenvalue weighted by molar-refractivity contribution is -0.159. The van der Waals surface area contributed by atoms with Crippen molar-refractivity contribution in [2.24, 2.45) is 0 Å². The van der Waals surface area contributed by atoms with Gasteiger partial charge < -0.3 is 20.8 Å². The van der Waals surface area contributed by atoms with Gasteiger partial charge in [0.15, 0.2) is 0 Å². The lowest BCUT2D eigenvalue weighted by Gasteiger charge is -2.01. The SMILES string of the molecule is CNc1ccc(NC)cc1.O=C(O)C(=O)O. The van der Waals surface area contributed by atoms with Gasteiger partial charge in [-0.1, -0.05) is 0 Å². The molecule has 0 aliphatic rings. The largest absolute Gasteiger partial charge is 0.473 e. The van der Waals surface area contributed by atoms with Crippen LogP contribution in [0.4, 0.5) is 11.4 Å². The van der Waals surface area contributed by atoms with Crippen molar-refractivity contribution >= 4 is 23.3 Å². The molecule has 4 N–H and O–H groups in total. The maximum absolute atomic E-state index is 9.10. The first-order valence-corrected chi connectivity index (χ1v) is 4.43.